The van der Waals surface area contributed by atoms with Gasteiger partial charge in [0.15, 0.2) is 0 Å². The molecule has 7 nitrogen and oxygen atoms in total. The van der Waals surface area contributed by atoms with E-state index in [4.69, 9.17) is 16.3 Å². The Morgan fingerprint density at radius 1 is 0.931 bits per heavy atom. The quantitative estimate of drug-likeness (QED) is 0.438. The zero-order valence-electron chi connectivity index (χ0n) is 15.3. The molecule has 0 saturated carbocycles. The fourth-order valence-electron chi connectivity index (χ4n) is 3.50. The molecule has 0 radical (unpaired) electrons. The first-order valence-corrected chi connectivity index (χ1v) is 9.54. The molecule has 0 bridgehead atoms. The molecule has 2 fully saturated rings. The summed E-state index contributed by atoms with van der Waals surface area (Å²) < 4.78 is 5.39. The minimum Gasteiger partial charge on any atom is -0.426 e. The van der Waals surface area contributed by atoms with E-state index < -0.39 is 11.9 Å². The van der Waals surface area contributed by atoms with Crippen molar-refractivity contribution in [3.8, 4) is 5.75 Å². The maximum absolute atomic E-state index is 12.5. The van der Waals surface area contributed by atoms with Crippen molar-refractivity contribution in [1.29, 1.82) is 0 Å². The number of carbonyl (C=O) groups excluding carboxylic acids is 4. The summed E-state index contributed by atoms with van der Waals surface area (Å²) in [6.45, 7) is 0.191. The Kier molecular flexibility index (Phi) is 5.07. The van der Waals surface area contributed by atoms with Crippen molar-refractivity contribution in [3.05, 3.63) is 53.6 Å². The molecule has 0 N–H and O–H groups in total. The van der Waals surface area contributed by atoms with E-state index in [0.717, 1.165) is 4.90 Å². The van der Waals surface area contributed by atoms with Crippen LogP contribution in [0.1, 0.15) is 19.3 Å². The minimum absolute atomic E-state index is 0.0406. The zero-order chi connectivity index (χ0) is 20.5. The highest BCUT2D eigenvalue weighted by molar-refractivity contribution is 6.33. The third-order valence-electron chi connectivity index (χ3n) is 4.97. The molecule has 0 unspecified atom stereocenters. The third-order valence-corrected chi connectivity index (χ3v) is 5.29. The highest BCUT2D eigenvalue weighted by Crippen LogP contribution is 2.32. The Bertz CT molecular complexity index is 988. The second-order valence-corrected chi connectivity index (χ2v) is 7.30. The number of ether oxygens (including phenoxy) is 1. The maximum atomic E-state index is 12.5. The lowest BCUT2D eigenvalue weighted by molar-refractivity contribution is -0.139. The first kappa shape index (κ1) is 19.1. The number of carbonyl (C=O) groups is 4. The van der Waals surface area contributed by atoms with E-state index in [1.807, 2.05) is 0 Å². The second kappa shape index (κ2) is 7.67. The fraction of sp³-hybridized carbons (Fsp3) is 0.238. The van der Waals surface area contributed by atoms with Crippen molar-refractivity contribution in [3.63, 3.8) is 0 Å². The van der Waals surface area contributed by atoms with Crippen LogP contribution in [0.4, 0.5) is 11.4 Å². The second-order valence-electron chi connectivity index (χ2n) is 6.89. The number of nitrogens with zero attached hydrogens (tertiary/aromatic N) is 2. The molecule has 1 atom stereocenters. The number of hydrogen-bond donors (Lipinski definition) is 0. The van der Waals surface area contributed by atoms with E-state index in [2.05, 4.69) is 0 Å². The van der Waals surface area contributed by atoms with E-state index in [-0.39, 0.29) is 49.3 Å². The third kappa shape index (κ3) is 3.73. The first-order valence-electron chi connectivity index (χ1n) is 9.16. The Hall–Kier alpha value is -3.19. The highest BCUT2D eigenvalue weighted by Gasteiger charge is 2.37. The van der Waals surface area contributed by atoms with Crippen LogP contribution in [-0.2, 0) is 19.2 Å². The minimum atomic E-state index is -0.611. The zero-order valence-corrected chi connectivity index (χ0v) is 16.1. The Morgan fingerprint density at radius 2 is 1.59 bits per heavy atom. The molecule has 2 aromatic carbocycles. The molecule has 2 aliphatic heterocycles. The average molecular weight is 413 g/mol. The molecule has 29 heavy (non-hydrogen) atoms. The van der Waals surface area contributed by atoms with Crippen molar-refractivity contribution < 1.29 is 23.9 Å². The normalized spacial score (nSPS) is 19.2. The van der Waals surface area contributed by atoms with Gasteiger partial charge < -0.3 is 9.64 Å². The molecule has 0 aliphatic carbocycles. The van der Waals surface area contributed by atoms with Crippen LogP contribution in [-0.4, -0.2) is 30.2 Å². The summed E-state index contributed by atoms with van der Waals surface area (Å²) in [7, 11) is 0. The predicted molar refractivity (Wildman–Crippen MR) is 106 cm³/mol. The van der Waals surface area contributed by atoms with Gasteiger partial charge >= 0.3 is 5.97 Å². The van der Waals surface area contributed by atoms with Crippen LogP contribution in [0.5, 0.6) is 5.75 Å². The lowest BCUT2D eigenvalue weighted by Crippen LogP contribution is -2.28. The number of amides is 3. The van der Waals surface area contributed by atoms with Gasteiger partial charge in [-0.15, -0.1) is 0 Å². The monoisotopic (exact) mass is 412 g/mol. The van der Waals surface area contributed by atoms with Gasteiger partial charge in [-0.1, -0.05) is 23.7 Å². The van der Waals surface area contributed by atoms with Crippen LogP contribution in [0.3, 0.4) is 0 Å². The molecule has 2 saturated heterocycles. The molecule has 2 aromatic rings. The number of anilines is 2. The van der Waals surface area contributed by atoms with E-state index >= 15 is 0 Å². The van der Waals surface area contributed by atoms with Crippen LogP contribution < -0.4 is 14.5 Å². The summed E-state index contributed by atoms with van der Waals surface area (Å²) in [4.78, 5) is 51.1. The van der Waals surface area contributed by atoms with Crippen LogP contribution in [0.25, 0.3) is 0 Å². The number of hydrogen-bond acceptors (Lipinski definition) is 5. The van der Waals surface area contributed by atoms with E-state index in [1.165, 1.54) is 17.0 Å². The van der Waals surface area contributed by atoms with Crippen LogP contribution >= 0.6 is 11.6 Å². The van der Waals surface area contributed by atoms with Gasteiger partial charge in [-0.05, 0) is 36.4 Å². The van der Waals surface area contributed by atoms with Gasteiger partial charge in [-0.3, -0.25) is 24.1 Å². The summed E-state index contributed by atoms with van der Waals surface area (Å²) in [6, 6.07) is 13.1. The molecule has 148 valence electrons. The maximum Gasteiger partial charge on any atom is 0.316 e. The number of esters is 1. The molecule has 0 aromatic heterocycles. The fourth-order valence-corrected chi connectivity index (χ4v) is 3.73. The first-order chi connectivity index (χ1) is 13.9. The smallest absolute Gasteiger partial charge is 0.316 e. The summed E-state index contributed by atoms with van der Waals surface area (Å²) in [6.07, 6.45) is 0.444. The Balaban J connectivity index is 1.42. The van der Waals surface area contributed by atoms with Crippen molar-refractivity contribution in [2.24, 2.45) is 5.92 Å². The average Bonchev–Trinajstić information content (AvgIpc) is 3.25. The summed E-state index contributed by atoms with van der Waals surface area (Å²) in [5, 5.41) is 0.441. The molecule has 2 heterocycles. The summed E-state index contributed by atoms with van der Waals surface area (Å²) in [5.41, 5.74) is 1.01. The van der Waals surface area contributed by atoms with Crippen molar-refractivity contribution >= 4 is 46.7 Å². The van der Waals surface area contributed by atoms with Crippen LogP contribution in [0.2, 0.25) is 5.02 Å². The molecule has 3 amide bonds. The van der Waals surface area contributed by atoms with E-state index in [1.54, 1.807) is 36.4 Å². The van der Waals surface area contributed by atoms with Crippen LogP contribution in [0.15, 0.2) is 48.5 Å². The molecule has 2 aliphatic rings. The molecular formula is C21H17ClN2O5. The van der Waals surface area contributed by atoms with Crippen molar-refractivity contribution in [1.82, 2.24) is 0 Å². The number of rotatable bonds is 4. The predicted octanol–water partition coefficient (Wildman–Crippen LogP) is 2.95. The lowest BCUT2D eigenvalue weighted by atomic mass is 10.1. The van der Waals surface area contributed by atoms with E-state index in [9.17, 15) is 19.2 Å². The molecular weight excluding hydrogens is 396 g/mol. The standard InChI is InChI=1S/C21H17ClN2O5/c22-16-3-1-2-4-17(16)23-12-13(11-20(23)27)21(28)29-15-7-5-14(6-8-15)24-18(25)9-10-19(24)26/h1-8,13H,9-12H2/t13-/m0/s1. The molecule has 4 rings (SSSR count). The molecule has 0 spiro atoms. The summed E-state index contributed by atoms with van der Waals surface area (Å²) >= 11 is 6.15. The number of para-hydroxylation sites is 1. The van der Waals surface area contributed by atoms with Crippen molar-refractivity contribution in [2.75, 3.05) is 16.3 Å². The highest BCUT2D eigenvalue weighted by atomic mass is 35.5. The SMILES string of the molecule is O=C(Oc1ccc(N2C(=O)CCC2=O)cc1)[C@H]1CC(=O)N(c2ccccc2Cl)C1. The molecule has 8 heteroatoms. The largest absolute Gasteiger partial charge is 0.426 e. The Morgan fingerprint density at radius 3 is 2.24 bits per heavy atom. The van der Waals surface area contributed by atoms with Gasteiger partial charge in [0.25, 0.3) is 0 Å². The van der Waals surface area contributed by atoms with Gasteiger partial charge in [0.2, 0.25) is 17.7 Å². The van der Waals surface area contributed by atoms with Gasteiger partial charge in [0.05, 0.1) is 22.3 Å². The number of benzene rings is 2. The van der Waals surface area contributed by atoms with Crippen LogP contribution in [0, 0.1) is 5.92 Å². The summed E-state index contributed by atoms with van der Waals surface area (Å²) in [5.74, 6) is -1.54. The van der Waals surface area contributed by atoms with Gasteiger partial charge in [-0.25, -0.2) is 0 Å². The number of imide groups is 1. The van der Waals surface area contributed by atoms with Crippen molar-refractivity contribution in [2.45, 2.75) is 19.3 Å². The lowest BCUT2D eigenvalue weighted by Gasteiger charge is -2.18. The van der Waals surface area contributed by atoms with Gasteiger partial charge in [0.1, 0.15) is 5.75 Å². The number of halogens is 1. The van der Waals surface area contributed by atoms with Gasteiger partial charge in [0, 0.05) is 25.8 Å². The van der Waals surface area contributed by atoms with E-state index in [0.29, 0.717) is 16.4 Å². The topological polar surface area (TPSA) is 84.0 Å². The Labute approximate surface area is 171 Å². The van der Waals surface area contributed by atoms with Gasteiger partial charge in [-0.2, -0.15) is 0 Å².